The molecule has 0 spiro atoms. The molecule has 156 valence electrons. The first-order chi connectivity index (χ1) is 13.9. The van der Waals surface area contributed by atoms with Gasteiger partial charge in [-0.2, -0.15) is 0 Å². The minimum Gasteiger partial charge on any atom is -0.460 e. The number of ether oxygens (including phenoxy) is 2. The lowest BCUT2D eigenvalue weighted by Gasteiger charge is -2.31. The molecule has 29 heavy (non-hydrogen) atoms. The van der Waals surface area contributed by atoms with E-state index in [1.807, 2.05) is 0 Å². The second-order valence-corrected chi connectivity index (χ2v) is 6.17. The molecule has 1 aromatic carbocycles. The number of allylic oxidation sites excluding steroid dienone is 1. The van der Waals surface area contributed by atoms with Gasteiger partial charge in [0.05, 0.1) is 40.9 Å². The molecule has 1 atom stereocenters. The van der Waals surface area contributed by atoms with Gasteiger partial charge >= 0.3 is 5.97 Å². The number of carbonyl (C=O) groups excluding carboxylic acids is 2. The number of nitrogens with zero attached hydrogens (tertiary/aromatic N) is 1. The largest absolute Gasteiger partial charge is 0.460 e. The van der Waals surface area contributed by atoms with Crippen molar-refractivity contribution in [3.8, 4) is 0 Å². The molecule has 0 radical (unpaired) electrons. The zero-order valence-electron chi connectivity index (χ0n) is 16.4. The number of nitro groups is 1. The van der Waals surface area contributed by atoms with Crippen molar-refractivity contribution in [1.82, 2.24) is 10.6 Å². The smallest absolute Gasteiger partial charge is 0.336 e. The lowest BCUT2D eigenvalue weighted by Crippen LogP contribution is -2.37. The Morgan fingerprint density at radius 3 is 2.55 bits per heavy atom. The van der Waals surface area contributed by atoms with Gasteiger partial charge in [0, 0.05) is 31.5 Å². The third-order valence-corrected chi connectivity index (χ3v) is 4.46. The third-order valence-electron chi connectivity index (χ3n) is 4.46. The average molecular weight is 405 g/mol. The molecule has 0 bridgehead atoms. The van der Waals surface area contributed by atoms with E-state index in [2.05, 4.69) is 10.6 Å². The van der Waals surface area contributed by atoms with Crippen molar-refractivity contribution in [2.24, 2.45) is 0 Å². The molecule has 0 saturated carbocycles. The fourth-order valence-electron chi connectivity index (χ4n) is 3.20. The molecule has 1 aliphatic rings. The summed E-state index contributed by atoms with van der Waals surface area (Å²) in [6.45, 7) is 1.19. The highest BCUT2D eigenvalue weighted by atomic mass is 16.6. The van der Waals surface area contributed by atoms with Crippen LogP contribution >= 0.6 is 0 Å². The van der Waals surface area contributed by atoms with Gasteiger partial charge in [-0.1, -0.05) is 18.2 Å². The minimum absolute atomic E-state index is 0.00796. The number of nitrogens with one attached hydrogen (secondary N) is 2. The molecule has 0 aliphatic carbocycles. The van der Waals surface area contributed by atoms with Gasteiger partial charge in [0.2, 0.25) is 5.91 Å². The number of para-hydroxylation sites is 1. The summed E-state index contributed by atoms with van der Waals surface area (Å²) in [5, 5.41) is 26.7. The summed E-state index contributed by atoms with van der Waals surface area (Å²) in [6, 6.07) is 5.84. The Labute approximate surface area is 167 Å². The van der Waals surface area contributed by atoms with Gasteiger partial charge < -0.3 is 25.2 Å². The van der Waals surface area contributed by atoms with E-state index in [-0.39, 0.29) is 41.3 Å². The highest BCUT2D eigenvalue weighted by Gasteiger charge is 2.40. The highest BCUT2D eigenvalue weighted by molar-refractivity contribution is 6.02. The van der Waals surface area contributed by atoms with Gasteiger partial charge in [0.25, 0.3) is 5.69 Å². The second-order valence-electron chi connectivity index (χ2n) is 6.17. The first-order valence-corrected chi connectivity index (χ1v) is 8.80. The molecule has 1 unspecified atom stereocenters. The molecule has 2 rings (SSSR count). The zero-order chi connectivity index (χ0) is 21.6. The normalized spacial score (nSPS) is 16.3. The molecule has 3 N–H and O–H groups in total. The molecule has 0 saturated heterocycles. The first kappa shape index (κ1) is 22.1. The topological polar surface area (TPSA) is 140 Å². The van der Waals surface area contributed by atoms with Crippen LogP contribution in [0.5, 0.6) is 0 Å². The van der Waals surface area contributed by atoms with Gasteiger partial charge in [0.1, 0.15) is 6.61 Å². The summed E-state index contributed by atoms with van der Waals surface area (Å²) in [5.74, 6) is -2.43. The number of aliphatic hydroxyl groups is 1. The Morgan fingerprint density at radius 1 is 1.28 bits per heavy atom. The predicted octanol–water partition coefficient (Wildman–Crippen LogP) is 0.738. The van der Waals surface area contributed by atoms with Crippen molar-refractivity contribution in [3.05, 3.63) is 62.5 Å². The first-order valence-electron chi connectivity index (χ1n) is 8.80. The number of hydrogen-bond acceptors (Lipinski definition) is 8. The van der Waals surface area contributed by atoms with E-state index in [0.29, 0.717) is 5.70 Å². The van der Waals surface area contributed by atoms with Crippen LogP contribution < -0.4 is 10.6 Å². The van der Waals surface area contributed by atoms with E-state index >= 15 is 0 Å². The van der Waals surface area contributed by atoms with E-state index in [1.54, 1.807) is 13.0 Å². The summed E-state index contributed by atoms with van der Waals surface area (Å²) in [6.07, 6.45) is 0. The SMILES string of the molecule is CNC(=O)C1=C(CO)NC(C)=C(C(=O)OCCOC)C1c1ccccc1[N+](=O)[O-]. The maximum absolute atomic E-state index is 12.8. The number of rotatable bonds is 8. The van der Waals surface area contributed by atoms with Crippen LogP contribution in [0.1, 0.15) is 18.4 Å². The highest BCUT2D eigenvalue weighted by Crippen LogP contribution is 2.42. The molecule has 0 aromatic heterocycles. The van der Waals surface area contributed by atoms with Crippen LogP contribution in [0, 0.1) is 10.1 Å². The number of carbonyl (C=O) groups is 2. The number of hydrogen-bond donors (Lipinski definition) is 3. The van der Waals surface area contributed by atoms with E-state index in [4.69, 9.17) is 9.47 Å². The van der Waals surface area contributed by atoms with Crippen LogP contribution in [0.15, 0.2) is 46.8 Å². The fourth-order valence-corrected chi connectivity index (χ4v) is 3.20. The lowest BCUT2D eigenvalue weighted by molar-refractivity contribution is -0.385. The Kier molecular flexibility index (Phi) is 7.46. The van der Waals surface area contributed by atoms with E-state index in [0.717, 1.165) is 0 Å². The summed E-state index contributed by atoms with van der Waals surface area (Å²) in [4.78, 5) is 36.5. The van der Waals surface area contributed by atoms with Crippen LogP contribution in [0.2, 0.25) is 0 Å². The van der Waals surface area contributed by atoms with E-state index in [9.17, 15) is 24.8 Å². The van der Waals surface area contributed by atoms with Crippen LogP contribution in [0.4, 0.5) is 5.69 Å². The molecule has 1 amide bonds. The number of dihydropyridines is 1. The molecule has 0 fully saturated rings. The molecular formula is C19H23N3O7. The summed E-state index contributed by atoms with van der Waals surface area (Å²) >= 11 is 0. The van der Waals surface area contributed by atoms with Gasteiger partial charge in [-0.3, -0.25) is 14.9 Å². The Bertz CT molecular complexity index is 876. The fraction of sp³-hybridized carbons (Fsp3) is 0.368. The van der Waals surface area contributed by atoms with Crippen LogP contribution in [-0.4, -0.2) is 55.9 Å². The minimum atomic E-state index is -1.10. The number of likely N-dealkylation sites (N-methyl/N-ethyl adjacent to an activating group) is 1. The van der Waals surface area contributed by atoms with Crippen LogP contribution in [-0.2, 0) is 19.1 Å². The number of amides is 1. The average Bonchev–Trinajstić information content (AvgIpc) is 2.72. The van der Waals surface area contributed by atoms with Crippen LogP contribution in [0.3, 0.4) is 0 Å². The molecular weight excluding hydrogens is 382 g/mol. The molecule has 1 aromatic rings. The molecule has 10 heteroatoms. The Balaban J connectivity index is 2.70. The van der Waals surface area contributed by atoms with Crippen molar-refractivity contribution in [2.75, 3.05) is 34.0 Å². The summed E-state index contributed by atoms with van der Waals surface area (Å²) in [5.41, 5.74) is 0.417. The number of esters is 1. The van der Waals surface area contributed by atoms with Crippen molar-refractivity contribution < 1.29 is 29.1 Å². The van der Waals surface area contributed by atoms with Crippen LogP contribution in [0.25, 0.3) is 0 Å². The number of benzene rings is 1. The quantitative estimate of drug-likeness (QED) is 0.249. The molecule has 10 nitrogen and oxygen atoms in total. The Hall–Kier alpha value is -3.24. The Morgan fingerprint density at radius 2 is 1.97 bits per heavy atom. The van der Waals surface area contributed by atoms with Crippen molar-refractivity contribution >= 4 is 17.6 Å². The maximum atomic E-state index is 12.8. The van der Waals surface area contributed by atoms with Gasteiger partial charge in [0.15, 0.2) is 0 Å². The van der Waals surface area contributed by atoms with Gasteiger partial charge in [-0.05, 0) is 6.92 Å². The lowest BCUT2D eigenvalue weighted by atomic mass is 9.79. The van der Waals surface area contributed by atoms with Gasteiger partial charge in [-0.15, -0.1) is 0 Å². The monoisotopic (exact) mass is 405 g/mol. The number of nitro benzene ring substituents is 1. The van der Waals surface area contributed by atoms with Gasteiger partial charge in [-0.25, -0.2) is 4.79 Å². The van der Waals surface area contributed by atoms with Crippen molar-refractivity contribution in [3.63, 3.8) is 0 Å². The molecule has 1 aliphatic heterocycles. The van der Waals surface area contributed by atoms with E-state index in [1.165, 1.54) is 32.4 Å². The standard InChI is InChI=1S/C19H23N3O7/c1-11-15(19(25)29-9-8-28-3)16(12-6-4-5-7-14(12)22(26)27)17(18(24)20-2)13(10-23)21-11/h4-7,16,21,23H,8-10H2,1-3H3,(H,20,24). The number of aliphatic hydroxyl groups excluding tert-OH is 1. The third kappa shape index (κ3) is 4.61. The van der Waals surface area contributed by atoms with Crippen molar-refractivity contribution in [1.29, 1.82) is 0 Å². The zero-order valence-corrected chi connectivity index (χ0v) is 16.4. The summed E-state index contributed by atoms with van der Waals surface area (Å²) in [7, 11) is 2.85. The predicted molar refractivity (Wildman–Crippen MR) is 103 cm³/mol. The van der Waals surface area contributed by atoms with Crippen molar-refractivity contribution in [2.45, 2.75) is 12.8 Å². The second kappa shape index (κ2) is 9.80. The van der Waals surface area contributed by atoms with E-state index < -0.39 is 29.3 Å². The molecule has 1 heterocycles. The summed E-state index contributed by atoms with van der Waals surface area (Å²) < 4.78 is 10.1. The maximum Gasteiger partial charge on any atom is 0.336 e. The number of methoxy groups -OCH3 is 1.